The number of benzene rings is 8. The van der Waals surface area contributed by atoms with Crippen LogP contribution in [0.2, 0.25) is 0 Å². The zero-order valence-electron chi connectivity index (χ0n) is 29.1. The highest BCUT2D eigenvalue weighted by atomic mass is 14.7. The smallest absolute Gasteiger partial charge is 0.0709 e. The highest BCUT2D eigenvalue weighted by Gasteiger charge is 2.19. The number of rotatable bonds is 5. The summed E-state index contributed by atoms with van der Waals surface area (Å²) in [5.74, 6) is 0. The van der Waals surface area contributed by atoms with Crippen molar-refractivity contribution in [2.24, 2.45) is 0 Å². The van der Waals surface area contributed by atoms with E-state index in [1.807, 2.05) is 6.07 Å². The molecule has 0 aliphatic carbocycles. The predicted molar refractivity (Wildman–Crippen MR) is 218 cm³/mol. The quantitative estimate of drug-likeness (QED) is 0.169. The molecule has 0 saturated carbocycles. The molecule has 0 N–H and O–H groups in total. The summed E-state index contributed by atoms with van der Waals surface area (Å²) < 4.78 is 0. The molecule has 0 spiro atoms. The molecule has 0 amide bonds. The highest BCUT2D eigenvalue weighted by molar-refractivity contribution is 6.24. The average molecular weight is 652 g/mol. The van der Waals surface area contributed by atoms with Crippen LogP contribution in [0.4, 0.5) is 0 Å². The molecular weight excluding hydrogens is 615 g/mol. The minimum Gasteiger partial charge on any atom is -0.248 e. The number of aryl methyl sites for hydroxylation is 3. The second kappa shape index (κ2) is 12.5. The van der Waals surface area contributed by atoms with Crippen molar-refractivity contribution in [1.29, 1.82) is 0 Å². The molecule has 51 heavy (non-hydrogen) atoms. The van der Waals surface area contributed by atoms with Gasteiger partial charge in [0.2, 0.25) is 0 Å². The Morgan fingerprint density at radius 3 is 1.35 bits per heavy atom. The van der Waals surface area contributed by atoms with Crippen molar-refractivity contribution in [3.05, 3.63) is 187 Å². The first kappa shape index (κ1) is 30.7. The molecule has 1 heterocycles. The largest absolute Gasteiger partial charge is 0.248 e. The van der Waals surface area contributed by atoms with Crippen molar-refractivity contribution in [3.63, 3.8) is 0 Å². The summed E-state index contributed by atoms with van der Waals surface area (Å²) in [7, 11) is 0. The fourth-order valence-electron chi connectivity index (χ4n) is 8.28. The first-order chi connectivity index (χ1) is 25.0. The molecule has 242 valence electrons. The lowest BCUT2D eigenvalue weighted by Gasteiger charge is -2.20. The zero-order valence-corrected chi connectivity index (χ0v) is 29.1. The van der Waals surface area contributed by atoms with E-state index in [-0.39, 0.29) is 0 Å². The van der Waals surface area contributed by atoms with Gasteiger partial charge in [-0.25, -0.2) is 4.98 Å². The molecule has 0 unspecified atom stereocenters. The lowest BCUT2D eigenvalue weighted by molar-refractivity contribution is 1.32. The Morgan fingerprint density at radius 1 is 0.314 bits per heavy atom. The molecule has 1 heteroatoms. The highest BCUT2D eigenvalue weighted by Crippen LogP contribution is 2.46. The molecule has 1 nitrogen and oxygen atoms in total. The van der Waals surface area contributed by atoms with Crippen LogP contribution in [-0.4, -0.2) is 4.98 Å². The number of pyridine rings is 1. The van der Waals surface area contributed by atoms with E-state index in [9.17, 15) is 0 Å². The van der Waals surface area contributed by atoms with E-state index < -0.39 is 0 Å². The number of aromatic nitrogens is 1. The van der Waals surface area contributed by atoms with Gasteiger partial charge < -0.3 is 0 Å². The molecule has 0 aliphatic rings. The molecule has 0 radical (unpaired) electrons. The second-order valence-electron chi connectivity index (χ2n) is 13.7. The van der Waals surface area contributed by atoms with Crippen LogP contribution in [0.1, 0.15) is 16.7 Å². The van der Waals surface area contributed by atoms with Gasteiger partial charge in [-0.3, -0.25) is 0 Å². The van der Waals surface area contributed by atoms with Gasteiger partial charge in [0.25, 0.3) is 0 Å². The third kappa shape index (κ3) is 5.30. The van der Waals surface area contributed by atoms with Gasteiger partial charge in [0.15, 0.2) is 0 Å². The SMILES string of the molecule is Cc1cc(C)c(-c2cccc3c(-c4c5ccccc5c(-c5cccc(-c6cccc(-c7ccccc7)n6)c5)c5ccccc45)cccc23)c(C)c1. The number of hydrogen-bond donors (Lipinski definition) is 0. The summed E-state index contributed by atoms with van der Waals surface area (Å²) in [5.41, 5.74) is 15.7. The average Bonchev–Trinajstić information content (AvgIpc) is 3.17. The van der Waals surface area contributed by atoms with Crippen LogP contribution in [0, 0.1) is 20.8 Å². The van der Waals surface area contributed by atoms with Gasteiger partial charge in [0.05, 0.1) is 11.4 Å². The van der Waals surface area contributed by atoms with E-state index in [4.69, 9.17) is 4.98 Å². The summed E-state index contributed by atoms with van der Waals surface area (Å²) in [4.78, 5) is 5.10. The molecule has 0 atom stereocenters. The van der Waals surface area contributed by atoms with Crippen molar-refractivity contribution in [2.75, 3.05) is 0 Å². The summed E-state index contributed by atoms with van der Waals surface area (Å²) >= 11 is 0. The van der Waals surface area contributed by atoms with Gasteiger partial charge in [0.1, 0.15) is 0 Å². The maximum Gasteiger partial charge on any atom is 0.0709 e. The standard InChI is InChI=1S/C50H37N/c1-32-29-33(2)48(34(3)30-32)40-25-12-24-39-38(40)23-13-26-41(39)50-44-21-9-7-19-42(44)49(43-20-8-10-22-45(43)50)37-18-11-17-36(31-37)47-28-14-27-46(51-47)35-15-5-4-6-16-35/h4-31H,1-3H3. The van der Waals surface area contributed by atoms with Gasteiger partial charge in [0, 0.05) is 11.1 Å². The summed E-state index contributed by atoms with van der Waals surface area (Å²) in [6.07, 6.45) is 0. The van der Waals surface area contributed by atoms with E-state index in [2.05, 4.69) is 185 Å². The van der Waals surface area contributed by atoms with Crippen molar-refractivity contribution in [2.45, 2.75) is 20.8 Å². The Bertz CT molecular complexity index is 2690. The fraction of sp³-hybridized carbons (Fsp3) is 0.0600. The fourth-order valence-corrected chi connectivity index (χ4v) is 8.28. The molecule has 9 aromatic rings. The molecule has 0 fully saturated rings. The lowest BCUT2D eigenvalue weighted by Crippen LogP contribution is -1.94. The predicted octanol–water partition coefficient (Wildman–Crippen LogP) is 13.8. The van der Waals surface area contributed by atoms with E-state index in [1.54, 1.807) is 0 Å². The Kier molecular flexibility index (Phi) is 7.55. The summed E-state index contributed by atoms with van der Waals surface area (Å²) in [6, 6.07) is 61.7. The molecule has 0 saturated heterocycles. The molecule has 9 rings (SSSR count). The lowest BCUT2D eigenvalue weighted by atomic mass is 9.83. The van der Waals surface area contributed by atoms with Crippen LogP contribution in [0.3, 0.4) is 0 Å². The van der Waals surface area contributed by atoms with E-state index in [0.29, 0.717) is 0 Å². The number of nitrogens with zero attached hydrogens (tertiary/aromatic N) is 1. The minimum absolute atomic E-state index is 0.967. The molecule has 8 aromatic carbocycles. The van der Waals surface area contributed by atoms with Gasteiger partial charge >= 0.3 is 0 Å². The van der Waals surface area contributed by atoms with Crippen molar-refractivity contribution >= 4 is 32.3 Å². The van der Waals surface area contributed by atoms with Crippen molar-refractivity contribution in [3.8, 4) is 55.9 Å². The molecule has 0 bridgehead atoms. The Hall–Kier alpha value is -6.31. The van der Waals surface area contributed by atoms with Crippen LogP contribution in [0.5, 0.6) is 0 Å². The third-order valence-electron chi connectivity index (χ3n) is 10.3. The monoisotopic (exact) mass is 651 g/mol. The minimum atomic E-state index is 0.967. The molecule has 0 aliphatic heterocycles. The van der Waals surface area contributed by atoms with E-state index in [0.717, 1.165) is 22.5 Å². The van der Waals surface area contributed by atoms with Gasteiger partial charge in [-0.1, -0.05) is 157 Å². The van der Waals surface area contributed by atoms with Crippen LogP contribution < -0.4 is 0 Å². The Balaban J connectivity index is 1.27. The number of fused-ring (bicyclic) bond motifs is 3. The van der Waals surface area contributed by atoms with E-state index in [1.165, 1.54) is 82.4 Å². The Labute approximate surface area is 299 Å². The van der Waals surface area contributed by atoms with Crippen LogP contribution in [0.15, 0.2) is 170 Å². The van der Waals surface area contributed by atoms with Crippen molar-refractivity contribution < 1.29 is 0 Å². The first-order valence-electron chi connectivity index (χ1n) is 17.7. The zero-order chi connectivity index (χ0) is 34.5. The molecule has 1 aromatic heterocycles. The van der Waals surface area contributed by atoms with Crippen LogP contribution in [-0.2, 0) is 0 Å². The van der Waals surface area contributed by atoms with Crippen LogP contribution in [0.25, 0.3) is 88.2 Å². The maximum atomic E-state index is 5.10. The van der Waals surface area contributed by atoms with Gasteiger partial charge in [-0.05, 0) is 116 Å². The van der Waals surface area contributed by atoms with Gasteiger partial charge in [-0.2, -0.15) is 0 Å². The topological polar surface area (TPSA) is 12.9 Å². The van der Waals surface area contributed by atoms with E-state index >= 15 is 0 Å². The van der Waals surface area contributed by atoms with Crippen molar-refractivity contribution in [1.82, 2.24) is 4.98 Å². The second-order valence-corrected chi connectivity index (χ2v) is 13.7. The first-order valence-corrected chi connectivity index (χ1v) is 17.7. The summed E-state index contributed by atoms with van der Waals surface area (Å²) in [6.45, 7) is 6.66. The van der Waals surface area contributed by atoms with Gasteiger partial charge in [-0.15, -0.1) is 0 Å². The van der Waals surface area contributed by atoms with Crippen LogP contribution >= 0.6 is 0 Å². The number of hydrogen-bond acceptors (Lipinski definition) is 1. The molecular formula is C50H37N. The summed E-state index contributed by atoms with van der Waals surface area (Å²) in [5, 5.41) is 7.53. The maximum absolute atomic E-state index is 5.10. The Morgan fingerprint density at radius 2 is 0.745 bits per heavy atom. The normalized spacial score (nSPS) is 11.4. The third-order valence-corrected chi connectivity index (χ3v) is 10.3.